The highest BCUT2D eigenvalue weighted by Gasteiger charge is 2.15. The standard InChI is InChI=1S/C15H18N2O2S/c1-12(11-13-7-4-3-5-8-13)17-15-14(20(2,18)19)9-6-10-16-15/h3-10,12H,11H2,1-2H3,(H,16,17). The van der Waals surface area contributed by atoms with E-state index >= 15 is 0 Å². The first kappa shape index (κ1) is 14.5. The molecule has 1 atom stereocenters. The van der Waals surface area contributed by atoms with Crippen LogP contribution in [0, 0.1) is 0 Å². The molecule has 1 aromatic heterocycles. The van der Waals surface area contributed by atoms with Crippen LogP contribution in [0.15, 0.2) is 53.6 Å². The van der Waals surface area contributed by atoms with Gasteiger partial charge in [-0.1, -0.05) is 30.3 Å². The first-order valence-electron chi connectivity index (χ1n) is 6.42. The molecule has 0 radical (unpaired) electrons. The number of pyridine rings is 1. The Morgan fingerprint density at radius 3 is 2.50 bits per heavy atom. The van der Waals surface area contributed by atoms with Crippen molar-refractivity contribution in [1.82, 2.24) is 4.98 Å². The number of benzene rings is 1. The van der Waals surface area contributed by atoms with E-state index in [-0.39, 0.29) is 10.9 Å². The average Bonchev–Trinajstić information content (AvgIpc) is 2.39. The third-order valence-corrected chi connectivity index (χ3v) is 4.07. The SMILES string of the molecule is CC(Cc1ccccc1)Nc1ncccc1S(C)(=O)=O. The van der Waals surface area contributed by atoms with Crippen molar-refractivity contribution in [3.05, 3.63) is 54.2 Å². The van der Waals surface area contributed by atoms with Crippen LogP contribution in [0.25, 0.3) is 0 Å². The van der Waals surface area contributed by atoms with Crippen molar-refractivity contribution in [2.75, 3.05) is 11.6 Å². The van der Waals surface area contributed by atoms with Crippen LogP contribution in [0.3, 0.4) is 0 Å². The highest BCUT2D eigenvalue weighted by Crippen LogP contribution is 2.19. The fraction of sp³-hybridized carbons (Fsp3) is 0.267. The first-order valence-corrected chi connectivity index (χ1v) is 8.31. The van der Waals surface area contributed by atoms with Crippen LogP contribution >= 0.6 is 0 Å². The number of nitrogens with zero attached hydrogens (tertiary/aromatic N) is 1. The number of hydrogen-bond acceptors (Lipinski definition) is 4. The molecule has 2 aromatic rings. The summed E-state index contributed by atoms with van der Waals surface area (Å²) in [6, 6.07) is 13.3. The van der Waals surface area contributed by atoms with Crippen LogP contribution in [-0.4, -0.2) is 25.7 Å². The molecule has 1 heterocycles. The third kappa shape index (κ3) is 3.81. The van der Waals surface area contributed by atoms with Gasteiger partial charge in [0, 0.05) is 18.5 Å². The molecule has 0 spiro atoms. The summed E-state index contributed by atoms with van der Waals surface area (Å²) in [6.07, 6.45) is 3.59. The topological polar surface area (TPSA) is 59.1 Å². The Hall–Kier alpha value is -1.88. The highest BCUT2D eigenvalue weighted by atomic mass is 32.2. The predicted molar refractivity (Wildman–Crippen MR) is 80.6 cm³/mol. The maximum atomic E-state index is 11.7. The molecule has 0 aliphatic heterocycles. The van der Waals surface area contributed by atoms with Gasteiger partial charge in [-0.05, 0) is 31.0 Å². The van der Waals surface area contributed by atoms with Gasteiger partial charge in [0.25, 0.3) is 0 Å². The number of rotatable bonds is 5. The second-order valence-electron chi connectivity index (χ2n) is 4.86. The zero-order chi connectivity index (χ0) is 14.6. The summed E-state index contributed by atoms with van der Waals surface area (Å²) in [7, 11) is -3.28. The van der Waals surface area contributed by atoms with E-state index in [1.807, 2.05) is 37.3 Å². The minimum absolute atomic E-state index is 0.0906. The van der Waals surface area contributed by atoms with Gasteiger partial charge in [-0.15, -0.1) is 0 Å². The van der Waals surface area contributed by atoms with E-state index in [9.17, 15) is 8.42 Å². The van der Waals surface area contributed by atoms with Gasteiger partial charge in [0.2, 0.25) is 0 Å². The van der Waals surface area contributed by atoms with Gasteiger partial charge in [0.1, 0.15) is 10.7 Å². The molecule has 1 aromatic carbocycles. The Morgan fingerprint density at radius 1 is 1.15 bits per heavy atom. The quantitative estimate of drug-likeness (QED) is 0.919. The lowest BCUT2D eigenvalue weighted by Crippen LogP contribution is -2.20. The molecule has 5 heteroatoms. The van der Waals surface area contributed by atoms with Crippen LogP contribution < -0.4 is 5.32 Å². The Labute approximate surface area is 119 Å². The van der Waals surface area contributed by atoms with Crippen LogP contribution in [0.5, 0.6) is 0 Å². The van der Waals surface area contributed by atoms with Crippen molar-refractivity contribution in [2.24, 2.45) is 0 Å². The Kier molecular flexibility index (Phi) is 4.39. The van der Waals surface area contributed by atoms with Gasteiger partial charge in [-0.25, -0.2) is 13.4 Å². The van der Waals surface area contributed by atoms with Crippen molar-refractivity contribution in [3.8, 4) is 0 Å². The Balaban J connectivity index is 2.14. The second kappa shape index (κ2) is 6.05. The first-order chi connectivity index (χ1) is 9.47. The van der Waals surface area contributed by atoms with E-state index in [1.165, 1.54) is 11.8 Å². The molecule has 0 aliphatic rings. The van der Waals surface area contributed by atoms with Gasteiger partial charge in [-0.3, -0.25) is 0 Å². The second-order valence-corrected chi connectivity index (χ2v) is 6.84. The summed E-state index contributed by atoms with van der Waals surface area (Å²) in [4.78, 5) is 4.37. The summed E-state index contributed by atoms with van der Waals surface area (Å²) in [6.45, 7) is 2.01. The van der Waals surface area contributed by atoms with E-state index in [2.05, 4.69) is 10.3 Å². The molecular formula is C15H18N2O2S. The van der Waals surface area contributed by atoms with Gasteiger partial charge in [-0.2, -0.15) is 0 Å². The van der Waals surface area contributed by atoms with Crippen LogP contribution in [-0.2, 0) is 16.3 Å². The molecule has 0 bridgehead atoms. The van der Waals surface area contributed by atoms with Gasteiger partial charge in [0.15, 0.2) is 9.84 Å². The monoisotopic (exact) mass is 290 g/mol. The molecule has 0 fully saturated rings. The van der Waals surface area contributed by atoms with Crippen LogP contribution in [0.2, 0.25) is 0 Å². The molecule has 4 nitrogen and oxygen atoms in total. The largest absolute Gasteiger partial charge is 0.366 e. The van der Waals surface area contributed by atoms with Crippen molar-refractivity contribution in [1.29, 1.82) is 0 Å². The normalized spacial score (nSPS) is 12.9. The third-order valence-electron chi connectivity index (χ3n) is 2.94. The van der Waals surface area contributed by atoms with Crippen LogP contribution in [0.1, 0.15) is 12.5 Å². The molecule has 1 N–H and O–H groups in total. The van der Waals surface area contributed by atoms with Crippen molar-refractivity contribution >= 4 is 15.7 Å². The summed E-state index contributed by atoms with van der Waals surface area (Å²) in [5.74, 6) is 0.415. The Bertz CT molecular complexity index is 669. The predicted octanol–water partition coefficient (Wildman–Crippen LogP) is 2.53. The fourth-order valence-corrected chi connectivity index (χ4v) is 2.84. The zero-order valence-electron chi connectivity index (χ0n) is 11.6. The molecule has 0 saturated heterocycles. The molecule has 2 rings (SSSR count). The zero-order valence-corrected chi connectivity index (χ0v) is 12.4. The van der Waals surface area contributed by atoms with Gasteiger partial charge >= 0.3 is 0 Å². The molecule has 0 saturated carbocycles. The van der Waals surface area contributed by atoms with E-state index in [4.69, 9.17) is 0 Å². The average molecular weight is 290 g/mol. The maximum absolute atomic E-state index is 11.7. The van der Waals surface area contributed by atoms with E-state index in [0.29, 0.717) is 5.82 Å². The summed E-state index contributed by atoms with van der Waals surface area (Å²) < 4.78 is 23.4. The minimum atomic E-state index is -3.28. The number of aromatic nitrogens is 1. The molecule has 106 valence electrons. The maximum Gasteiger partial charge on any atom is 0.179 e. The molecule has 0 aliphatic carbocycles. The lowest BCUT2D eigenvalue weighted by atomic mass is 10.1. The number of anilines is 1. The summed E-state index contributed by atoms with van der Waals surface area (Å²) in [5, 5.41) is 3.18. The lowest BCUT2D eigenvalue weighted by Gasteiger charge is -2.16. The fourth-order valence-electron chi connectivity index (χ4n) is 2.05. The van der Waals surface area contributed by atoms with Crippen LogP contribution in [0.4, 0.5) is 5.82 Å². The van der Waals surface area contributed by atoms with E-state index in [1.54, 1.807) is 18.3 Å². The van der Waals surface area contributed by atoms with Crippen molar-refractivity contribution in [3.63, 3.8) is 0 Å². The van der Waals surface area contributed by atoms with Crippen molar-refractivity contribution in [2.45, 2.75) is 24.3 Å². The Morgan fingerprint density at radius 2 is 1.85 bits per heavy atom. The smallest absolute Gasteiger partial charge is 0.179 e. The van der Waals surface area contributed by atoms with E-state index in [0.717, 1.165) is 6.42 Å². The van der Waals surface area contributed by atoms with Gasteiger partial charge < -0.3 is 5.32 Å². The van der Waals surface area contributed by atoms with E-state index < -0.39 is 9.84 Å². The summed E-state index contributed by atoms with van der Waals surface area (Å²) >= 11 is 0. The summed E-state index contributed by atoms with van der Waals surface area (Å²) in [5.41, 5.74) is 1.20. The molecular weight excluding hydrogens is 272 g/mol. The lowest BCUT2D eigenvalue weighted by molar-refractivity contribution is 0.601. The molecule has 0 amide bonds. The number of hydrogen-bond donors (Lipinski definition) is 1. The number of sulfone groups is 1. The van der Waals surface area contributed by atoms with Gasteiger partial charge in [0.05, 0.1) is 0 Å². The minimum Gasteiger partial charge on any atom is -0.366 e. The highest BCUT2D eigenvalue weighted by molar-refractivity contribution is 7.90. The molecule has 1 unspecified atom stereocenters. The molecule has 20 heavy (non-hydrogen) atoms. The van der Waals surface area contributed by atoms with Crippen molar-refractivity contribution < 1.29 is 8.42 Å². The number of nitrogens with one attached hydrogen (secondary N) is 1.